The highest BCUT2D eigenvalue weighted by Crippen LogP contribution is 2.37. The number of fused-ring (bicyclic) bond motifs is 5. The van der Waals surface area contributed by atoms with Crippen LogP contribution < -0.4 is 20.3 Å². The molecule has 0 radical (unpaired) electrons. The zero-order valence-electron chi connectivity index (χ0n) is 26.6. The summed E-state index contributed by atoms with van der Waals surface area (Å²) in [6.45, 7) is 4.91. The first-order valence-corrected chi connectivity index (χ1v) is 16.4. The molecule has 2 bridgehead atoms. The van der Waals surface area contributed by atoms with Gasteiger partial charge in [0, 0.05) is 32.1 Å². The average Bonchev–Trinajstić information content (AvgIpc) is 3.04. The SMILES string of the molecule is Cc1ccc2c(c1)N(CC(=O)N1C[C@@H]3C[C@H](C1)[C@@H]1CCCC(=O)N[C@@H](CCc4ccccc4)C(=O)N[C@H](C)C(=O)N1C3)C(=O)CO2. The van der Waals surface area contributed by atoms with Crippen molar-refractivity contribution in [3.8, 4) is 5.75 Å². The van der Waals surface area contributed by atoms with Gasteiger partial charge in [0.1, 0.15) is 24.4 Å². The third-order valence-corrected chi connectivity index (χ3v) is 9.80. The number of benzene rings is 2. The summed E-state index contributed by atoms with van der Waals surface area (Å²) in [6, 6.07) is 13.8. The van der Waals surface area contributed by atoms with Gasteiger partial charge >= 0.3 is 0 Å². The third kappa shape index (κ3) is 6.88. The van der Waals surface area contributed by atoms with Crippen LogP contribution >= 0.6 is 0 Å². The van der Waals surface area contributed by atoms with Crippen molar-refractivity contribution in [1.82, 2.24) is 20.4 Å². The fourth-order valence-electron chi connectivity index (χ4n) is 7.48. The smallest absolute Gasteiger partial charge is 0.265 e. The summed E-state index contributed by atoms with van der Waals surface area (Å²) in [5.41, 5.74) is 2.65. The van der Waals surface area contributed by atoms with E-state index in [1.807, 2.05) is 65.3 Å². The van der Waals surface area contributed by atoms with E-state index in [-0.39, 0.29) is 67.0 Å². The first-order chi connectivity index (χ1) is 22.2. The molecule has 0 unspecified atom stereocenters. The summed E-state index contributed by atoms with van der Waals surface area (Å²) < 4.78 is 5.59. The number of piperidine rings is 2. The van der Waals surface area contributed by atoms with E-state index in [1.54, 1.807) is 6.92 Å². The Kier molecular flexibility index (Phi) is 9.28. The lowest BCUT2D eigenvalue weighted by atomic mass is 9.77. The molecular formula is C35H43N5O6. The molecule has 11 heteroatoms. The van der Waals surface area contributed by atoms with Crippen LogP contribution in [0.3, 0.4) is 0 Å². The van der Waals surface area contributed by atoms with Gasteiger partial charge < -0.3 is 25.2 Å². The molecule has 0 spiro atoms. The van der Waals surface area contributed by atoms with Crippen molar-refractivity contribution in [3.05, 3.63) is 59.7 Å². The predicted molar refractivity (Wildman–Crippen MR) is 171 cm³/mol. The van der Waals surface area contributed by atoms with Crippen LogP contribution in [0.2, 0.25) is 0 Å². The van der Waals surface area contributed by atoms with Gasteiger partial charge in [-0.2, -0.15) is 0 Å². The van der Waals surface area contributed by atoms with Gasteiger partial charge in [0.2, 0.25) is 23.6 Å². The van der Waals surface area contributed by atoms with Gasteiger partial charge in [0.25, 0.3) is 5.91 Å². The zero-order valence-corrected chi connectivity index (χ0v) is 26.6. The number of rotatable bonds is 5. The first-order valence-electron chi connectivity index (χ1n) is 16.4. The lowest BCUT2D eigenvalue weighted by Crippen LogP contribution is -2.63. The molecule has 6 rings (SSSR count). The summed E-state index contributed by atoms with van der Waals surface area (Å²) in [5, 5.41) is 5.80. The minimum absolute atomic E-state index is 0.0304. The van der Waals surface area contributed by atoms with Crippen molar-refractivity contribution in [3.63, 3.8) is 0 Å². The Balaban J connectivity index is 1.14. The quantitative estimate of drug-likeness (QED) is 0.522. The zero-order chi connectivity index (χ0) is 32.4. The van der Waals surface area contributed by atoms with Gasteiger partial charge in [-0.1, -0.05) is 36.4 Å². The van der Waals surface area contributed by atoms with E-state index >= 15 is 0 Å². The minimum atomic E-state index is -0.752. The van der Waals surface area contributed by atoms with E-state index in [4.69, 9.17) is 4.74 Å². The number of anilines is 1. The number of nitrogens with zero attached hydrogens (tertiary/aromatic N) is 3. The van der Waals surface area contributed by atoms with Gasteiger partial charge in [-0.05, 0) is 81.0 Å². The number of likely N-dealkylation sites (tertiary alicyclic amines) is 1. The fraction of sp³-hybridized carbons (Fsp3) is 0.514. The maximum absolute atomic E-state index is 13.9. The van der Waals surface area contributed by atoms with E-state index < -0.39 is 12.1 Å². The molecule has 5 atom stereocenters. The molecule has 11 nitrogen and oxygen atoms in total. The van der Waals surface area contributed by atoms with Gasteiger partial charge in [0.05, 0.1) is 5.69 Å². The van der Waals surface area contributed by atoms with Crippen molar-refractivity contribution in [2.75, 3.05) is 37.7 Å². The van der Waals surface area contributed by atoms with Crippen LogP contribution in [0.1, 0.15) is 50.2 Å². The lowest BCUT2D eigenvalue weighted by molar-refractivity contribution is -0.148. The summed E-state index contributed by atoms with van der Waals surface area (Å²) in [5.74, 6) is -0.359. The van der Waals surface area contributed by atoms with E-state index in [9.17, 15) is 24.0 Å². The molecule has 3 fully saturated rings. The Labute approximate surface area is 269 Å². The molecule has 0 aromatic heterocycles. The summed E-state index contributed by atoms with van der Waals surface area (Å²) in [6.07, 6.45) is 3.38. The maximum atomic E-state index is 13.9. The Morgan fingerprint density at radius 2 is 1.80 bits per heavy atom. The molecule has 2 aromatic rings. The highest BCUT2D eigenvalue weighted by molar-refractivity contribution is 6.02. The van der Waals surface area contributed by atoms with E-state index in [0.29, 0.717) is 56.8 Å². The van der Waals surface area contributed by atoms with Crippen LogP contribution in [0.15, 0.2) is 48.5 Å². The van der Waals surface area contributed by atoms with Crippen LogP contribution in [-0.2, 0) is 30.4 Å². The second kappa shape index (κ2) is 13.5. The highest BCUT2D eigenvalue weighted by atomic mass is 16.5. The Morgan fingerprint density at radius 3 is 2.61 bits per heavy atom. The van der Waals surface area contributed by atoms with Crippen LogP contribution in [0.25, 0.3) is 0 Å². The Morgan fingerprint density at radius 1 is 1.00 bits per heavy atom. The number of hydrogen-bond donors (Lipinski definition) is 2. The third-order valence-electron chi connectivity index (χ3n) is 9.80. The van der Waals surface area contributed by atoms with Crippen molar-refractivity contribution in [2.45, 2.75) is 70.5 Å². The molecule has 0 saturated carbocycles. The molecule has 0 aliphatic carbocycles. The van der Waals surface area contributed by atoms with E-state index in [1.165, 1.54) is 4.90 Å². The minimum Gasteiger partial charge on any atom is -0.482 e. The van der Waals surface area contributed by atoms with E-state index in [2.05, 4.69) is 10.6 Å². The first kappa shape index (κ1) is 31.6. The molecule has 4 aliphatic rings. The maximum Gasteiger partial charge on any atom is 0.265 e. The largest absolute Gasteiger partial charge is 0.482 e. The van der Waals surface area contributed by atoms with Crippen molar-refractivity contribution in [1.29, 1.82) is 0 Å². The fourth-order valence-corrected chi connectivity index (χ4v) is 7.48. The second-order valence-electron chi connectivity index (χ2n) is 13.2. The molecule has 4 heterocycles. The van der Waals surface area contributed by atoms with Crippen LogP contribution in [0.4, 0.5) is 5.69 Å². The van der Waals surface area contributed by atoms with Gasteiger partial charge in [-0.3, -0.25) is 28.9 Å². The molecule has 2 N–H and O–H groups in total. The molecule has 244 valence electrons. The Hall–Kier alpha value is -4.41. The number of carbonyl (C=O) groups excluding carboxylic acids is 5. The van der Waals surface area contributed by atoms with Crippen LogP contribution in [-0.4, -0.2) is 90.2 Å². The van der Waals surface area contributed by atoms with Crippen LogP contribution in [0, 0.1) is 18.8 Å². The standard InChI is InChI=1S/C35H43N5O6/c1-22-11-14-30-29(15-22)39(33(43)21-46-30)20-32(42)38-17-25-16-26(19-38)28-9-6-10-31(41)37-27(13-12-24-7-4-3-5-8-24)34(44)36-23(2)35(45)40(28)18-25/h3-5,7-8,11,14-15,23,25-28H,6,9-10,12-13,16-21H2,1-2H3,(H,36,44)(H,37,41)/t23-,25+,26-,27+,28+/m1/s1. The summed E-state index contributed by atoms with van der Waals surface area (Å²) >= 11 is 0. The predicted octanol–water partition coefficient (Wildman–Crippen LogP) is 2.20. The summed E-state index contributed by atoms with van der Waals surface area (Å²) in [7, 11) is 0. The van der Waals surface area contributed by atoms with Crippen molar-refractivity contribution in [2.24, 2.45) is 11.8 Å². The van der Waals surface area contributed by atoms with Crippen molar-refractivity contribution < 1.29 is 28.7 Å². The molecule has 5 amide bonds. The highest BCUT2D eigenvalue weighted by Gasteiger charge is 2.45. The molecular weight excluding hydrogens is 586 g/mol. The van der Waals surface area contributed by atoms with Gasteiger partial charge in [-0.25, -0.2) is 0 Å². The molecule has 2 aromatic carbocycles. The number of aryl methyl sites for hydroxylation is 2. The molecule has 3 saturated heterocycles. The molecule has 46 heavy (non-hydrogen) atoms. The molecule has 4 aliphatic heterocycles. The van der Waals surface area contributed by atoms with Crippen molar-refractivity contribution >= 4 is 35.2 Å². The van der Waals surface area contributed by atoms with Gasteiger partial charge in [0.15, 0.2) is 6.61 Å². The summed E-state index contributed by atoms with van der Waals surface area (Å²) in [4.78, 5) is 71.9. The number of hydrogen-bond acceptors (Lipinski definition) is 6. The lowest BCUT2D eigenvalue weighted by Gasteiger charge is -2.51. The number of ether oxygens (including phenoxy) is 1. The van der Waals surface area contributed by atoms with Gasteiger partial charge in [-0.15, -0.1) is 0 Å². The Bertz CT molecular complexity index is 1500. The van der Waals surface area contributed by atoms with E-state index in [0.717, 1.165) is 17.5 Å². The second-order valence-corrected chi connectivity index (χ2v) is 13.2. The topological polar surface area (TPSA) is 128 Å². The number of amides is 5. The van der Waals surface area contributed by atoms with Crippen LogP contribution in [0.5, 0.6) is 5.75 Å². The number of nitrogens with one attached hydrogen (secondary N) is 2. The average molecular weight is 630 g/mol. The normalized spacial score (nSPS) is 26.9. The number of carbonyl (C=O) groups is 5. The monoisotopic (exact) mass is 629 g/mol.